The molecular weight excluding hydrogens is 435 g/mol. The number of aryl methyl sites for hydroxylation is 1. The zero-order valence-electron chi connectivity index (χ0n) is 16.8. The topological polar surface area (TPSA) is 136 Å². The van der Waals surface area contributed by atoms with Crippen LogP contribution >= 0.6 is 11.6 Å². The van der Waals surface area contributed by atoms with Crippen LogP contribution in [0.3, 0.4) is 0 Å². The maximum absolute atomic E-state index is 14.6. The highest BCUT2D eigenvalue weighted by Crippen LogP contribution is 2.35. The first-order valence-electron chi connectivity index (χ1n) is 10.0. The Morgan fingerprint density at radius 1 is 1.09 bits per heavy atom. The van der Waals surface area contributed by atoms with Crippen molar-refractivity contribution in [3.8, 4) is 0 Å². The molecule has 3 heterocycles. The van der Waals surface area contributed by atoms with Gasteiger partial charge in [-0.3, -0.25) is 0 Å². The van der Waals surface area contributed by atoms with Crippen LogP contribution in [0.4, 0.5) is 16.0 Å². The highest BCUT2D eigenvalue weighted by molar-refractivity contribution is 6.33. The van der Waals surface area contributed by atoms with E-state index in [1.807, 2.05) is 0 Å². The van der Waals surface area contributed by atoms with Crippen molar-refractivity contribution in [2.24, 2.45) is 0 Å². The van der Waals surface area contributed by atoms with E-state index in [4.69, 9.17) is 23.1 Å². The van der Waals surface area contributed by atoms with Crippen LogP contribution in [0.25, 0.3) is 21.9 Å². The Hall–Kier alpha value is -3.27. The van der Waals surface area contributed by atoms with Crippen LogP contribution in [0.1, 0.15) is 18.0 Å². The van der Waals surface area contributed by atoms with E-state index < -0.39 is 24.1 Å². The molecule has 0 saturated heterocycles. The van der Waals surface area contributed by atoms with Gasteiger partial charge in [0.25, 0.3) is 0 Å². The van der Waals surface area contributed by atoms with E-state index in [9.17, 15) is 14.6 Å². The number of pyridine rings is 1. The van der Waals surface area contributed by atoms with Gasteiger partial charge in [0, 0.05) is 11.6 Å². The number of hydrogen-bond acceptors (Lipinski definition) is 7. The highest BCUT2D eigenvalue weighted by atomic mass is 35.5. The Balaban J connectivity index is 1.42. The summed E-state index contributed by atoms with van der Waals surface area (Å²) in [6, 6.07) is 5.82. The molecule has 4 aromatic rings. The van der Waals surface area contributed by atoms with Gasteiger partial charge in [-0.1, -0.05) is 17.7 Å². The van der Waals surface area contributed by atoms with E-state index in [0.717, 1.165) is 0 Å². The SMILES string of the molecule is Nc1nc2cc(CCC3=CC(n4ccc5c(N)ncnc54)[C@@H](O)C3O)c(F)cc2cc1Cl. The molecule has 10 heteroatoms. The largest absolute Gasteiger partial charge is 0.388 e. The summed E-state index contributed by atoms with van der Waals surface area (Å²) in [5, 5.41) is 22.8. The van der Waals surface area contributed by atoms with Crippen molar-refractivity contribution in [3.63, 3.8) is 0 Å². The minimum absolute atomic E-state index is 0.181. The molecule has 164 valence electrons. The summed E-state index contributed by atoms with van der Waals surface area (Å²) in [5.74, 6) is 0.127. The summed E-state index contributed by atoms with van der Waals surface area (Å²) in [6.07, 6.45) is 3.43. The number of aromatic nitrogens is 4. The van der Waals surface area contributed by atoms with E-state index in [1.54, 1.807) is 35.0 Å². The van der Waals surface area contributed by atoms with Crippen molar-refractivity contribution in [2.45, 2.75) is 31.1 Å². The third-order valence-corrected chi connectivity index (χ3v) is 6.25. The quantitative estimate of drug-likeness (QED) is 0.348. The molecule has 0 amide bonds. The number of nitrogens with zero attached hydrogens (tertiary/aromatic N) is 4. The van der Waals surface area contributed by atoms with Crippen LogP contribution < -0.4 is 11.5 Å². The number of nitrogen functional groups attached to an aromatic ring is 2. The van der Waals surface area contributed by atoms with Gasteiger partial charge in [-0.25, -0.2) is 19.3 Å². The lowest BCUT2D eigenvalue weighted by atomic mass is 10.0. The molecule has 0 aliphatic heterocycles. The highest BCUT2D eigenvalue weighted by Gasteiger charge is 2.36. The van der Waals surface area contributed by atoms with E-state index >= 15 is 0 Å². The Bertz CT molecular complexity index is 1390. The second-order valence-corrected chi connectivity index (χ2v) is 8.29. The fraction of sp³-hybridized carbons (Fsp3) is 0.227. The second-order valence-electron chi connectivity index (χ2n) is 7.88. The summed E-state index contributed by atoms with van der Waals surface area (Å²) in [5.41, 5.74) is 13.8. The van der Waals surface area contributed by atoms with Crippen molar-refractivity contribution in [1.82, 2.24) is 19.5 Å². The Kier molecular flexibility index (Phi) is 4.96. The van der Waals surface area contributed by atoms with Gasteiger partial charge in [-0.15, -0.1) is 0 Å². The van der Waals surface area contributed by atoms with Crippen molar-refractivity contribution in [1.29, 1.82) is 0 Å². The lowest BCUT2D eigenvalue weighted by molar-refractivity contribution is 0.0317. The summed E-state index contributed by atoms with van der Waals surface area (Å²) in [4.78, 5) is 12.4. The number of hydrogen-bond donors (Lipinski definition) is 4. The van der Waals surface area contributed by atoms with Gasteiger partial charge in [0.2, 0.25) is 0 Å². The lowest BCUT2D eigenvalue weighted by Crippen LogP contribution is -2.29. The average Bonchev–Trinajstić information content (AvgIpc) is 3.31. The molecule has 3 aromatic heterocycles. The zero-order valence-corrected chi connectivity index (χ0v) is 17.5. The molecule has 0 saturated carbocycles. The number of fused-ring (bicyclic) bond motifs is 2. The first-order valence-corrected chi connectivity index (χ1v) is 10.4. The van der Waals surface area contributed by atoms with Gasteiger partial charge >= 0.3 is 0 Å². The Morgan fingerprint density at radius 2 is 1.91 bits per heavy atom. The van der Waals surface area contributed by atoms with Crippen LogP contribution in [0, 0.1) is 5.82 Å². The van der Waals surface area contributed by atoms with E-state index in [0.29, 0.717) is 51.7 Å². The van der Waals surface area contributed by atoms with Gasteiger partial charge in [0.15, 0.2) is 0 Å². The third-order valence-electron chi connectivity index (χ3n) is 5.95. The number of rotatable bonds is 4. The molecule has 5 rings (SSSR count). The van der Waals surface area contributed by atoms with Crippen LogP contribution in [0.15, 0.2) is 48.4 Å². The summed E-state index contributed by atoms with van der Waals surface area (Å²) in [7, 11) is 0. The van der Waals surface area contributed by atoms with E-state index in [1.165, 1.54) is 12.4 Å². The van der Waals surface area contributed by atoms with Crippen LogP contribution in [0.2, 0.25) is 5.02 Å². The predicted molar refractivity (Wildman–Crippen MR) is 121 cm³/mol. The summed E-state index contributed by atoms with van der Waals surface area (Å²) >= 11 is 5.97. The fourth-order valence-electron chi connectivity index (χ4n) is 4.23. The first-order chi connectivity index (χ1) is 15.3. The number of benzene rings is 1. The molecule has 2 unspecified atom stereocenters. The van der Waals surface area contributed by atoms with Crippen LogP contribution in [-0.2, 0) is 6.42 Å². The Morgan fingerprint density at radius 3 is 2.72 bits per heavy atom. The predicted octanol–water partition coefficient (Wildman–Crippen LogP) is 2.77. The second kappa shape index (κ2) is 7.70. The molecule has 0 bridgehead atoms. The molecule has 0 radical (unpaired) electrons. The molecule has 32 heavy (non-hydrogen) atoms. The third kappa shape index (κ3) is 3.35. The van der Waals surface area contributed by atoms with E-state index in [-0.39, 0.29) is 10.8 Å². The molecule has 0 spiro atoms. The fourth-order valence-corrected chi connectivity index (χ4v) is 4.39. The normalized spacial score (nSPS) is 20.9. The number of halogens is 2. The van der Waals surface area contributed by atoms with Gasteiger partial charge in [0.1, 0.15) is 41.6 Å². The minimum atomic E-state index is -1.08. The molecule has 3 atom stereocenters. The Labute approximate surface area is 187 Å². The van der Waals surface area contributed by atoms with Crippen LogP contribution in [0.5, 0.6) is 0 Å². The van der Waals surface area contributed by atoms with Crippen molar-refractivity contribution < 1.29 is 14.6 Å². The monoisotopic (exact) mass is 454 g/mol. The molecule has 1 aliphatic rings. The maximum atomic E-state index is 14.6. The van der Waals surface area contributed by atoms with Gasteiger partial charge in [0.05, 0.1) is 22.0 Å². The smallest absolute Gasteiger partial charge is 0.146 e. The average molecular weight is 455 g/mol. The molecule has 6 N–H and O–H groups in total. The summed E-state index contributed by atoms with van der Waals surface area (Å²) in [6.45, 7) is 0. The molecule has 0 fully saturated rings. The zero-order chi connectivity index (χ0) is 22.6. The number of aliphatic hydroxyl groups is 2. The molecule has 8 nitrogen and oxygen atoms in total. The van der Waals surface area contributed by atoms with Crippen molar-refractivity contribution in [2.75, 3.05) is 11.5 Å². The number of aliphatic hydroxyl groups excluding tert-OH is 2. The standard InChI is InChI=1S/C22H20ClFN6O2/c23-14-5-12-6-15(24)10(7-16(12)29-21(14)26)1-2-11-8-17(19(32)18(11)31)30-4-3-13-20(25)27-9-28-22(13)30/h3-9,17-19,31-32H,1-2H2,(H2,26,29)(H2,25,27,28)/t17?,18?,19-/m1/s1. The van der Waals surface area contributed by atoms with E-state index in [2.05, 4.69) is 15.0 Å². The molecular formula is C22H20ClFN6O2. The lowest BCUT2D eigenvalue weighted by Gasteiger charge is -2.19. The van der Waals surface area contributed by atoms with Gasteiger partial charge in [-0.05, 0) is 48.2 Å². The number of nitrogens with two attached hydrogens (primary N) is 2. The minimum Gasteiger partial charge on any atom is -0.388 e. The van der Waals surface area contributed by atoms with Crippen molar-refractivity contribution in [3.05, 3.63) is 64.8 Å². The molecule has 1 aliphatic carbocycles. The van der Waals surface area contributed by atoms with Crippen LogP contribution in [-0.4, -0.2) is 41.9 Å². The molecule has 1 aromatic carbocycles. The first kappa shape index (κ1) is 20.6. The van der Waals surface area contributed by atoms with Gasteiger partial charge in [-0.2, -0.15) is 0 Å². The van der Waals surface area contributed by atoms with Gasteiger partial charge < -0.3 is 26.2 Å². The van der Waals surface area contributed by atoms with Crippen molar-refractivity contribution >= 4 is 45.2 Å². The number of anilines is 2. The summed E-state index contributed by atoms with van der Waals surface area (Å²) < 4.78 is 16.4. The maximum Gasteiger partial charge on any atom is 0.146 e.